The molecule has 3 nitrogen and oxygen atoms in total. The topological polar surface area (TPSA) is 38.3 Å². The zero-order valence-electron chi connectivity index (χ0n) is 10.5. The summed E-state index contributed by atoms with van der Waals surface area (Å²) in [7, 11) is 1.33. The van der Waals surface area contributed by atoms with E-state index in [4.69, 9.17) is 4.74 Å². The van der Waals surface area contributed by atoms with Crippen LogP contribution in [0, 0.1) is 5.82 Å². The average molecular weight is 251 g/mol. The van der Waals surface area contributed by atoms with Gasteiger partial charge in [0.15, 0.2) is 0 Å². The predicted octanol–water partition coefficient (Wildman–Crippen LogP) is 3.36. The van der Waals surface area contributed by atoms with E-state index in [2.05, 4.69) is 5.32 Å². The van der Waals surface area contributed by atoms with Gasteiger partial charge in [-0.1, -0.05) is 19.3 Å². The SMILES string of the molecule is COC(=O)c1ccc(F)cc1NC1CCCCC1. The Labute approximate surface area is 106 Å². The van der Waals surface area contributed by atoms with E-state index in [9.17, 15) is 9.18 Å². The number of esters is 1. The molecular formula is C14H18FNO2. The number of hydrogen-bond acceptors (Lipinski definition) is 3. The number of carbonyl (C=O) groups excluding carboxylic acids is 1. The van der Waals surface area contributed by atoms with E-state index in [0.29, 0.717) is 17.3 Å². The van der Waals surface area contributed by atoms with Gasteiger partial charge in [-0.3, -0.25) is 0 Å². The van der Waals surface area contributed by atoms with E-state index < -0.39 is 5.97 Å². The quantitative estimate of drug-likeness (QED) is 0.837. The molecule has 0 radical (unpaired) electrons. The van der Waals surface area contributed by atoms with Crippen molar-refractivity contribution in [2.24, 2.45) is 0 Å². The molecule has 0 saturated heterocycles. The van der Waals surface area contributed by atoms with E-state index >= 15 is 0 Å². The molecular weight excluding hydrogens is 233 g/mol. The molecule has 1 aliphatic carbocycles. The lowest BCUT2D eigenvalue weighted by Crippen LogP contribution is -2.23. The molecule has 4 heteroatoms. The van der Waals surface area contributed by atoms with Gasteiger partial charge in [-0.05, 0) is 31.0 Å². The zero-order valence-corrected chi connectivity index (χ0v) is 10.5. The van der Waals surface area contributed by atoms with Gasteiger partial charge in [0, 0.05) is 6.04 Å². The number of hydrogen-bond donors (Lipinski definition) is 1. The van der Waals surface area contributed by atoms with Crippen LogP contribution < -0.4 is 5.32 Å². The Morgan fingerprint density at radius 1 is 1.33 bits per heavy atom. The second-order valence-corrected chi connectivity index (χ2v) is 4.66. The van der Waals surface area contributed by atoms with Gasteiger partial charge in [0.25, 0.3) is 0 Å². The summed E-state index contributed by atoms with van der Waals surface area (Å²) in [6.07, 6.45) is 5.75. The molecule has 18 heavy (non-hydrogen) atoms. The Balaban J connectivity index is 2.18. The average Bonchev–Trinajstić information content (AvgIpc) is 2.39. The van der Waals surface area contributed by atoms with Crippen molar-refractivity contribution in [3.8, 4) is 0 Å². The van der Waals surface area contributed by atoms with E-state index in [1.807, 2.05) is 0 Å². The van der Waals surface area contributed by atoms with Gasteiger partial charge < -0.3 is 10.1 Å². The third-order valence-electron chi connectivity index (χ3n) is 3.35. The van der Waals surface area contributed by atoms with Crippen molar-refractivity contribution in [1.29, 1.82) is 0 Å². The Kier molecular flexibility index (Phi) is 4.18. The summed E-state index contributed by atoms with van der Waals surface area (Å²) in [5, 5.41) is 3.26. The Morgan fingerprint density at radius 3 is 2.72 bits per heavy atom. The zero-order chi connectivity index (χ0) is 13.0. The summed E-state index contributed by atoms with van der Waals surface area (Å²) in [5.74, 6) is -0.783. The van der Waals surface area contributed by atoms with Crippen molar-refractivity contribution in [1.82, 2.24) is 0 Å². The molecule has 2 rings (SSSR count). The summed E-state index contributed by atoms with van der Waals surface area (Å²) in [6, 6.07) is 4.43. The second-order valence-electron chi connectivity index (χ2n) is 4.66. The Morgan fingerprint density at radius 2 is 2.06 bits per heavy atom. The van der Waals surface area contributed by atoms with Gasteiger partial charge in [0.05, 0.1) is 18.4 Å². The summed E-state index contributed by atoms with van der Waals surface area (Å²) < 4.78 is 18.0. The molecule has 1 aromatic carbocycles. The lowest BCUT2D eigenvalue weighted by Gasteiger charge is -2.24. The first-order chi connectivity index (χ1) is 8.70. The molecule has 0 spiro atoms. The molecule has 1 aliphatic rings. The third kappa shape index (κ3) is 3.00. The summed E-state index contributed by atoms with van der Waals surface area (Å²) >= 11 is 0. The molecule has 1 saturated carbocycles. The standard InChI is InChI=1S/C14H18FNO2/c1-18-14(17)12-8-7-10(15)9-13(12)16-11-5-3-2-4-6-11/h7-9,11,16H,2-6H2,1H3. The van der Waals surface area contributed by atoms with E-state index in [1.165, 1.54) is 44.6 Å². The fourth-order valence-electron chi connectivity index (χ4n) is 2.39. The summed E-state index contributed by atoms with van der Waals surface area (Å²) in [6.45, 7) is 0. The number of ether oxygens (including phenoxy) is 1. The Hall–Kier alpha value is -1.58. The van der Waals surface area contributed by atoms with Crippen molar-refractivity contribution >= 4 is 11.7 Å². The maximum atomic E-state index is 13.3. The first-order valence-corrected chi connectivity index (χ1v) is 6.35. The predicted molar refractivity (Wildman–Crippen MR) is 68.2 cm³/mol. The highest BCUT2D eigenvalue weighted by molar-refractivity contribution is 5.95. The molecule has 98 valence electrons. The number of anilines is 1. The molecule has 1 N–H and O–H groups in total. The largest absolute Gasteiger partial charge is 0.465 e. The molecule has 0 atom stereocenters. The molecule has 0 amide bonds. The van der Waals surface area contributed by atoms with Gasteiger partial charge in [0.1, 0.15) is 5.82 Å². The van der Waals surface area contributed by atoms with Crippen molar-refractivity contribution < 1.29 is 13.9 Å². The first-order valence-electron chi connectivity index (χ1n) is 6.35. The fourth-order valence-corrected chi connectivity index (χ4v) is 2.39. The van der Waals surface area contributed by atoms with Gasteiger partial charge >= 0.3 is 5.97 Å². The van der Waals surface area contributed by atoms with Crippen LogP contribution in [0.25, 0.3) is 0 Å². The van der Waals surface area contributed by atoms with Crippen LogP contribution in [0.5, 0.6) is 0 Å². The maximum Gasteiger partial charge on any atom is 0.339 e. The van der Waals surface area contributed by atoms with Crippen LogP contribution in [0.3, 0.4) is 0 Å². The van der Waals surface area contributed by atoms with Crippen LogP contribution in [-0.2, 0) is 4.74 Å². The minimum Gasteiger partial charge on any atom is -0.465 e. The van der Waals surface area contributed by atoms with Crippen molar-refractivity contribution in [2.75, 3.05) is 12.4 Å². The fraction of sp³-hybridized carbons (Fsp3) is 0.500. The third-order valence-corrected chi connectivity index (χ3v) is 3.35. The van der Waals surface area contributed by atoms with Gasteiger partial charge in [-0.25, -0.2) is 9.18 Å². The second kappa shape index (κ2) is 5.85. The van der Waals surface area contributed by atoms with E-state index in [1.54, 1.807) is 0 Å². The van der Waals surface area contributed by atoms with Crippen LogP contribution in [-0.4, -0.2) is 19.1 Å². The molecule has 0 unspecified atom stereocenters. The monoisotopic (exact) mass is 251 g/mol. The highest BCUT2D eigenvalue weighted by Gasteiger charge is 2.18. The number of halogens is 1. The molecule has 0 aliphatic heterocycles. The van der Waals surface area contributed by atoms with Crippen molar-refractivity contribution in [3.05, 3.63) is 29.6 Å². The number of rotatable bonds is 3. The first kappa shape index (κ1) is 12.9. The van der Waals surface area contributed by atoms with Crippen LogP contribution >= 0.6 is 0 Å². The van der Waals surface area contributed by atoms with Crippen LogP contribution in [0.2, 0.25) is 0 Å². The minimum atomic E-state index is -0.437. The normalized spacial score (nSPS) is 16.3. The number of benzene rings is 1. The summed E-state index contributed by atoms with van der Waals surface area (Å²) in [4.78, 5) is 11.6. The lowest BCUT2D eigenvalue weighted by atomic mass is 9.95. The van der Waals surface area contributed by atoms with Crippen LogP contribution in [0.15, 0.2) is 18.2 Å². The molecule has 0 heterocycles. The molecule has 0 bridgehead atoms. The lowest BCUT2D eigenvalue weighted by molar-refractivity contribution is 0.0601. The minimum absolute atomic E-state index is 0.323. The summed E-state index contributed by atoms with van der Waals surface area (Å²) in [5.41, 5.74) is 0.929. The number of methoxy groups -OCH3 is 1. The van der Waals surface area contributed by atoms with Crippen molar-refractivity contribution in [2.45, 2.75) is 38.1 Å². The Bertz CT molecular complexity index is 428. The van der Waals surface area contributed by atoms with E-state index in [0.717, 1.165) is 12.8 Å². The maximum absolute atomic E-state index is 13.3. The van der Waals surface area contributed by atoms with Gasteiger partial charge in [0.2, 0.25) is 0 Å². The number of nitrogens with one attached hydrogen (secondary N) is 1. The highest BCUT2D eigenvalue weighted by atomic mass is 19.1. The van der Waals surface area contributed by atoms with Crippen molar-refractivity contribution in [3.63, 3.8) is 0 Å². The molecule has 1 fully saturated rings. The smallest absolute Gasteiger partial charge is 0.339 e. The van der Waals surface area contributed by atoms with Crippen LogP contribution in [0.4, 0.5) is 10.1 Å². The van der Waals surface area contributed by atoms with Gasteiger partial charge in [-0.2, -0.15) is 0 Å². The number of carbonyl (C=O) groups is 1. The van der Waals surface area contributed by atoms with E-state index in [-0.39, 0.29) is 5.82 Å². The van der Waals surface area contributed by atoms with Crippen LogP contribution in [0.1, 0.15) is 42.5 Å². The van der Waals surface area contributed by atoms with Gasteiger partial charge in [-0.15, -0.1) is 0 Å². The highest BCUT2D eigenvalue weighted by Crippen LogP contribution is 2.25. The molecule has 1 aromatic rings. The molecule has 0 aromatic heterocycles.